The average Bonchev–Trinajstić information content (AvgIpc) is 2.58. The fourth-order valence-electron chi connectivity index (χ4n) is 2.34. The van der Waals surface area contributed by atoms with Crippen LogP contribution in [0, 0.1) is 0 Å². The van der Waals surface area contributed by atoms with Crippen molar-refractivity contribution in [3.63, 3.8) is 0 Å². The summed E-state index contributed by atoms with van der Waals surface area (Å²) >= 11 is 3.35. The van der Waals surface area contributed by atoms with E-state index in [0.29, 0.717) is 6.42 Å². The summed E-state index contributed by atoms with van der Waals surface area (Å²) < 4.78 is 40.8. The minimum atomic E-state index is -4.91. The van der Waals surface area contributed by atoms with Crippen molar-refractivity contribution in [2.45, 2.75) is 24.6 Å². The normalized spacial score (nSPS) is 14.0. The molecule has 0 aromatic heterocycles. The molecular formula is C18H17BrF3NO2. The second-order valence-corrected chi connectivity index (χ2v) is 6.45. The van der Waals surface area contributed by atoms with Crippen LogP contribution < -0.4 is 5.32 Å². The Balaban J connectivity index is 2.01. The summed E-state index contributed by atoms with van der Waals surface area (Å²) in [5.41, 5.74) is -2.56. The molecule has 7 heteroatoms. The van der Waals surface area contributed by atoms with Crippen LogP contribution in [-0.4, -0.2) is 23.7 Å². The Bertz CT molecular complexity index is 722. The Morgan fingerprint density at radius 1 is 1.04 bits per heavy atom. The molecule has 25 heavy (non-hydrogen) atoms. The number of alkyl halides is 3. The van der Waals surface area contributed by atoms with E-state index in [-0.39, 0.29) is 12.0 Å². The molecule has 0 aliphatic heterocycles. The van der Waals surface area contributed by atoms with E-state index in [0.717, 1.165) is 10.0 Å². The van der Waals surface area contributed by atoms with Gasteiger partial charge >= 0.3 is 6.18 Å². The molecule has 0 radical (unpaired) electrons. The van der Waals surface area contributed by atoms with Crippen molar-refractivity contribution in [2.24, 2.45) is 0 Å². The van der Waals surface area contributed by atoms with Crippen LogP contribution in [0.3, 0.4) is 0 Å². The highest BCUT2D eigenvalue weighted by atomic mass is 79.9. The number of benzene rings is 2. The molecule has 2 aromatic carbocycles. The Kier molecular flexibility index (Phi) is 6.24. The van der Waals surface area contributed by atoms with Gasteiger partial charge in [0, 0.05) is 10.9 Å². The maximum atomic E-state index is 13.3. The van der Waals surface area contributed by atoms with Crippen molar-refractivity contribution in [1.29, 1.82) is 0 Å². The SMILES string of the molecule is O=C(CCc1ccccc1Br)NC[C@](O)(c1ccccc1)C(F)(F)F. The first kappa shape index (κ1) is 19.5. The second kappa shape index (κ2) is 8.01. The number of carbonyl (C=O) groups is 1. The van der Waals surface area contributed by atoms with Gasteiger partial charge < -0.3 is 10.4 Å². The van der Waals surface area contributed by atoms with Crippen LogP contribution in [-0.2, 0) is 16.8 Å². The molecule has 0 unspecified atom stereocenters. The summed E-state index contributed by atoms with van der Waals surface area (Å²) in [5, 5.41) is 12.3. The molecule has 0 aliphatic rings. The minimum Gasteiger partial charge on any atom is -0.375 e. The first-order valence-electron chi connectivity index (χ1n) is 7.59. The zero-order chi connectivity index (χ0) is 18.5. The fourth-order valence-corrected chi connectivity index (χ4v) is 2.83. The van der Waals surface area contributed by atoms with Gasteiger partial charge in [-0.25, -0.2) is 0 Å². The van der Waals surface area contributed by atoms with Crippen LogP contribution >= 0.6 is 15.9 Å². The average molecular weight is 416 g/mol. The van der Waals surface area contributed by atoms with Gasteiger partial charge in [0.2, 0.25) is 11.5 Å². The zero-order valence-electron chi connectivity index (χ0n) is 13.2. The third-order valence-electron chi connectivity index (χ3n) is 3.84. The predicted octanol–water partition coefficient (Wildman–Crippen LogP) is 3.95. The molecule has 1 atom stereocenters. The summed E-state index contributed by atoms with van der Waals surface area (Å²) in [7, 11) is 0. The first-order chi connectivity index (χ1) is 11.7. The van der Waals surface area contributed by atoms with Gasteiger partial charge in [0.15, 0.2) is 0 Å². The van der Waals surface area contributed by atoms with E-state index in [2.05, 4.69) is 21.2 Å². The third-order valence-corrected chi connectivity index (χ3v) is 4.61. The largest absolute Gasteiger partial charge is 0.423 e. The van der Waals surface area contributed by atoms with Crippen molar-refractivity contribution in [3.05, 3.63) is 70.2 Å². The van der Waals surface area contributed by atoms with Crippen molar-refractivity contribution in [3.8, 4) is 0 Å². The van der Waals surface area contributed by atoms with Gasteiger partial charge in [-0.2, -0.15) is 13.2 Å². The lowest BCUT2D eigenvalue weighted by Crippen LogP contribution is -2.51. The van der Waals surface area contributed by atoms with Crippen LogP contribution in [0.15, 0.2) is 59.1 Å². The van der Waals surface area contributed by atoms with E-state index in [1.165, 1.54) is 24.3 Å². The van der Waals surface area contributed by atoms with Gasteiger partial charge in [-0.1, -0.05) is 64.5 Å². The molecule has 2 rings (SSSR count). The maximum absolute atomic E-state index is 13.3. The van der Waals surface area contributed by atoms with Gasteiger partial charge in [-0.15, -0.1) is 0 Å². The minimum absolute atomic E-state index is 0.0192. The Labute approximate surface area is 152 Å². The molecule has 2 N–H and O–H groups in total. The monoisotopic (exact) mass is 415 g/mol. The fraction of sp³-hybridized carbons (Fsp3) is 0.278. The Morgan fingerprint density at radius 2 is 1.64 bits per heavy atom. The molecule has 134 valence electrons. The van der Waals surface area contributed by atoms with E-state index in [1.807, 2.05) is 24.3 Å². The third kappa shape index (κ3) is 4.83. The number of nitrogens with one attached hydrogen (secondary N) is 1. The summed E-state index contributed by atoms with van der Waals surface area (Å²) in [6, 6.07) is 14.0. The molecule has 0 heterocycles. The maximum Gasteiger partial charge on any atom is 0.423 e. The molecule has 0 saturated heterocycles. The lowest BCUT2D eigenvalue weighted by Gasteiger charge is -2.31. The number of hydrogen-bond donors (Lipinski definition) is 2. The van der Waals surface area contributed by atoms with E-state index >= 15 is 0 Å². The Hall–Kier alpha value is -1.86. The van der Waals surface area contributed by atoms with Crippen molar-refractivity contribution in [1.82, 2.24) is 5.32 Å². The summed E-state index contributed by atoms with van der Waals surface area (Å²) in [6.45, 7) is -0.935. The van der Waals surface area contributed by atoms with Crippen LogP contribution in [0.1, 0.15) is 17.5 Å². The molecule has 0 aliphatic carbocycles. The molecule has 1 amide bonds. The van der Waals surface area contributed by atoms with Crippen LogP contribution in [0.4, 0.5) is 13.2 Å². The molecule has 0 fully saturated rings. The number of aryl methyl sites for hydroxylation is 1. The highest BCUT2D eigenvalue weighted by molar-refractivity contribution is 9.10. The van der Waals surface area contributed by atoms with Gasteiger partial charge in [-0.3, -0.25) is 4.79 Å². The lowest BCUT2D eigenvalue weighted by atomic mass is 9.93. The molecule has 0 spiro atoms. The first-order valence-corrected chi connectivity index (χ1v) is 8.38. The van der Waals surface area contributed by atoms with Crippen LogP contribution in [0.5, 0.6) is 0 Å². The van der Waals surface area contributed by atoms with Crippen molar-refractivity contribution in [2.75, 3.05) is 6.54 Å². The highest BCUT2D eigenvalue weighted by Gasteiger charge is 2.55. The quantitative estimate of drug-likeness (QED) is 0.750. The summed E-state index contributed by atoms with van der Waals surface area (Å²) in [4.78, 5) is 11.9. The number of carbonyl (C=O) groups excluding carboxylic acids is 1. The van der Waals surface area contributed by atoms with E-state index in [4.69, 9.17) is 0 Å². The zero-order valence-corrected chi connectivity index (χ0v) is 14.8. The highest BCUT2D eigenvalue weighted by Crippen LogP contribution is 2.38. The molecule has 2 aromatic rings. The van der Waals surface area contributed by atoms with Crippen molar-refractivity contribution < 1.29 is 23.1 Å². The Morgan fingerprint density at radius 3 is 2.24 bits per heavy atom. The van der Waals surface area contributed by atoms with Crippen LogP contribution in [0.25, 0.3) is 0 Å². The lowest BCUT2D eigenvalue weighted by molar-refractivity contribution is -0.264. The van der Waals surface area contributed by atoms with Crippen LogP contribution in [0.2, 0.25) is 0 Å². The topological polar surface area (TPSA) is 49.3 Å². The second-order valence-electron chi connectivity index (χ2n) is 5.59. The summed E-state index contributed by atoms with van der Waals surface area (Å²) in [5.74, 6) is -0.561. The predicted molar refractivity (Wildman–Crippen MR) is 91.9 cm³/mol. The molecule has 3 nitrogen and oxygen atoms in total. The number of aliphatic hydroxyl groups is 1. The van der Waals surface area contributed by atoms with E-state index < -0.39 is 24.2 Å². The molecule has 0 bridgehead atoms. The smallest absolute Gasteiger partial charge is 0.375 e. The van der Waals surface area contributed by atoms with Crippen molar-refractivity contribution >= 4 is 21.8 Å². The number of amides is 1. The van der Waals surface area contributed by atoms with Gasteiger partial charge in [-0.05, 0) is 23.6 Å². The number of hydrogen-bond acceptors (Lipinski definition) is 2. The van der Waals surface area contributed by atoms with Gasteiger partial charge in [0.25, 0.3) is 0 Å². The summed E-state index contributed by atoms with van der Waals surface area (Å²) in [6.07, 6.45) is -4.52. The molecule has 0 saturated carbocycles. The molecular weight excluding hydrogens is 399 g/mol. The van der Waals surface area contributed by atoms with E-state index in [1.54, 1.807) is 6.07 Å². The van der Waals surface area contributed by atoms with E-state index in [9.17, 15) is 23.1 Å². The van der Waals surface area contributed by atoms with Gasteiger partial charge in [0.05, 0.1) is 6.54 Å². The van der Waals surface area contributed by atoms with Gasteiger partial charge in [0.1, 0.15) is 0 Å². The standard InChI is InChI=1S/C18H17BrF3NO2/c19-15-9-5-4-6-13(15)10-11-16(24)23-12-17(25,18(20,21)22)14-7-2-1-3-8-14/h1-9,25H,10-12H2,(H,23,24)/t17-/m0/s1. The number of halogens is 4. The number of rotatable bonds is 6.